The highest BCUT2D eigenvalue weighted by Gasteiger charge is 2.51. The van der Waals surface area contributed by atoms with Gasteiger partial charge >= 0.3 is 0 Å². The monoisotopic (exact) mass is 487 g/mol. The molecule has 1 aliphatic carbocycles. The number of carbonyl (C=O) groups excluding carboxylic acids is 1. The number of anilines is 1. The Kier molecular flexibility index (Phi) is 5.90. The molecule has 2 unspecified atom stereocenters. The second-order valence-corrected chi connectivity index (χ2v) is 9.54. The third-order valence-corrected chi connectivity index (χ3v) is 7.16. The zero-order valence-electron chi connectivity index (χ0n) is 18.1. The van der Waals surface area contributed by atoms with Crippen LogP contribution in [0.2, 0.25) is 5.15 Å². The number of ether oxygens (including phenoxy) is 3. The molecule has 4 heterocycles. The van der Waals surface area contributed by atoms with Gasteiger partial charge in [0.1, 0.15) is 17.0 Å². The molecule has 1 amide bonds. The van der Waals surface area contributed by atoms with Crippen molar-refractivity contribution in [3.63, 3.8) is 0 Å². The van der Waals surface area contributed by atoms with Crippen LogP contribution in [-0.2, 0) is 4.74 Å². The number of hydrogen-bond acceptors (Lipinski definition) is 9. The quantitative estimate of drug-likeness (QED) is 0.516. The van der Waals surface area contributed by atoms with Crippen LogP contribution >= 0.6 is 22.9 Å². The van der Waals surface area contributed by atoms with Crippen LogP contribution in [-0.4, -0.2) is 52.5 Å². The number of rotatable bonds is 6. The van der Waals surface area contributed by atoms with E-state index in [0.29, 0.717) is 37.9 Å². The Bertz CT molecular complexity index is 1200. The highest BCUT2D eigenvalue weighted by Crippen LogP contribution is 2.49. The Morgan fingerprint density at radius 3 is 2.85 bits per heavy atom. The lowest BCUT2D eigenvalue weighted by molar-refractivity contribution is -0.0498. The maximum Gasteiger partial charge on any atom is 0.296 e. The van der Waals surface area contributed by atoms with Crippen LogP contribution in [0.1, 0.15) is 35.3 Å². The number of hydrogen-bond donors (Lipinski definition) is 1. The van der Waals surface area contributed by atoms with Crippen LogP contribution in [0.5, 0.6) is 10.9 Å². The molecular formula is C22H22ClN5O4S. The number of nitrogens with zero attached hydrogens (tertiary/aromatic N) is 4. The van der Waals surface area contributed by atoms with Crippen molar-refractivity contribution in [3.8, 4) is 22.1 Å². The van der Waals surface area contributed by atoms with Crippen LogP contribution in [0.3, 0.4) is 0 Å². The van der Waals surface area contributed by atoms with E-state index in [1.807, 2.05) is 6.92 Å². The first-order valence-corrected chi connectivity index (χ1v) is 11.7. The molecule has 5 rings (SSSR count). The maximum absolute atomic E-state index is 13.1. The molecule has 3 aromatic heterocycles. The molecule has 1 spiro atoms. The summed E-state index contributed by atoms with van der Waals surface area (Å²) < 4.78 is 17.1. The van der Waals surface area contributed by atoms with Gasteiger partial charge in [0.2, 0.25) is 5.13 Å². The van der Waals surface area contributed by atoms with Crippen molar-refractivity contribution in [3.05, 3.63) is 40.9 Å². The van der Waals surface area contributed by atoms with E-state index >= 15 is 0 Å². The van der Waals surface area contributed by atoms with Gasteiger partial charge < -0.3 is 14.2 Å². The molecule has 2 aliphatic rings. The Morgan fingerprint density at radius 2 is 2.12 bits per heavy atom. The lowest BCUT2D eigenvalue weighted by atomic mass is 9.66. The summed E-state index contributed by atoms with van der Waals surface area (Å²) >= 11 is 7.31. The van der Waals surface area contributed by atoms with E-state index in [1.54, 1.807) is 12.1 Å². The molecule has 3 aromatic rings. The molecule has 0 radical (unpaired) electrons. The standard InChI is InChI=1S/C22H22ClN5O4S/c1-12-7-13(14-8-18(23)25-10-16(14)30-2)15(9-24-12)19(29)26-20-27-28-21(33-20)32-17-3-4-22(17)5-6-31-11-22/h7-10,17H,3-6,11H2,1-2H3,(H,26,27,29). The molecule has 1 saturated carbocycles. The molecule has 172 valence electrons. The summed E-state index contributed by atoms with van der Waals surface area (Å²) in [5.74, 6) is 0.121. The van der Waals surface area contributed by atoms with Gasteiger partial charge in [-0.15, -0.1) is 5.10 Å². The molecule has 0 aromatic carbocycles. The summed E-state index contributed by atoms with van der Waals surface area (Å²) in [4.78, 5) is 21.5. The number of halogens is 1. The van der Waals surface area contributed by atoms with Gasteiger partial charge in [-0.05, 0) is 49.7 Å². The number of aryl methyl sites for hydroxylation is 1. The zero-order valence-corrected chi connectivity index (χ0v) is 19.7. The third-order valence-electron chi connectivity index (χ3n) is 6.22. The first kappa shape index (κ1) is 22.0. The lowest BCUT2D eigenvalue weighted by Gasteiger charge is -2.44. The average molecular weight is 488 g/mol. The van der Waals surface area contributed by atoms with Crippen molar-refractivity contribution in [1.82, 2.24) is 20.2 Å². The molecule has 33 heavy (non-hydrogen) atoms. The van der Waals surface area contributed by atoms with Crippen molar-refractivity contribution in [2.75, 3.05) is 25.6 Å². The largest absolute Gasteiger partial charge is 0.494 e. The van der Waals surface area contributed by atoms with Crippen LogP contribution in [0, 0.1) is 12.3 Å². The van der Waals surface area contributed by atoms with E-state index in [-0.39, 0.29) is 17.4 Å². The first-order valence-electron chi connectivity index (χ1n) is 10.5. The number of nitrogens with one attached hydrogen (secondary N) is 1. The molecule has 2 atom stereocenters. The van der Waals surface area contributed by atoms with Gasteiger partial charge in [-0.1, -0.05) is 16.7 Å². The van der Waals surface area contributed by atoms with Gasteiger partial charge in [0.15, 0.2) is 0 Å². The summed E-state index contributed by atoms with van der Waals surface area (Å²) in [7, 11) is 1.54. The van der Waals surface area contributed by atoms with Crippen molar-refractivity contribution in [1.29, 1.82) is 0 Å². The molecule has 1 saturated heterocycles. The van der Waals surface area contributed by atoms with Crippen LogP contribution in [0.4, 0.5) is 5.13 Å². The average Bonchev–Trinajstić information content (AvgIpc) is 3.48. The van der Waals surface area contributed by atoms with E-state index in [2.05, 4.69) is 25.5 Å². The molecule has 1 aliphatic heterocycles. The zero-order chi connectivity index (χ0) is 23.0. The van der Waals surface area contributed by atoms with Crippen LogP contribution in [0.25, 0.3) is 11.1 Å². The number of aromatic nitrogens is 4. The van der Waals surface area contributed by atoms with E-state index in [4.69, 9.17) is 25.8 Å². The van der Waals surface area contributed by atoms with Gasteiger partial charge in [-0.3, -0.25) is 15.1 Å². The van der Waals surface area contributed by atoms with Crippen molar-refractivity contribution < 1.29 is 19.0 Å². The minimum Gasteiger partial charge on any atom is -0.494 e. The number of carbonyl (C=O) groups is 1. The summed E-state index contributed by atoms with van der Waals surface area (Å²) in [6, 6.07) is 3.46. The molecular weight excluding hydrogens is 466 g/mol. The van der Waals surface area contributed by atoms with Crippen molar-refractivity contribution in [2.24, 2.45) is 5.41 Å². The summed E-state index contributed by atoms with van der Waals surface area (Å²) in [5, 5.41) is 12.1. The fraction of sp³-hybridized carbons (Fsp3) is 0.409. The fourth-order valence-corrected chi connectivity index (χ4v) is 5.07. The Morgan fingerprint density at radius 1 is 1.24 bits per heavy atom. The van der Waals surface area contributed by atoms with E-state index in [0.717, 1.165) is 38.2 Å². The predicted octanol–water partition coefficient (Wildman–Crippen LogP) is 4.17. The molecule has 11 heteroatoms. The molecule has 1 N–H and O–H groups in total. The maximum atomic E-state index is 13.1. The van der Waals surface area contributed by atoms with E-state index in [9.17, 15) is 4.79 Å². The van der Waals surface area contributed by atoms with Crippen molar-refractivity contribution in [2.45, 2.75) is 32.3 Å². The van der Waals surface area contributed by atoms with Crippen LogP contribution < -0.4 is 14.8 Å². The first-order chi connectivity index (χ1) is 16.0. The second kappa shape index (κ2) is 8.85. The highest BCUT2D eigenvalue weighted by molar-refractivity contribution is 7.17. The topological polar surface area (TPSA) is 108 Å². The van der Waals surface area contributed by atoms with Gasteiger partial charge in [-0.2, -0.15) is 0 Å². The SMILES string of the molecule is COc1cnc(Cl)cc1-c1cc(C)ncc1C(=O)Nc1nnc(OC2CCC23CCOC3)s1. The lowest BCUT2D eigenvalue weighted by Crippen LogP contribution is -2.48. The summed E-state index contributed by atoms with van der Waals surface area (Å²) in [6.45, 7) is 3.35. The minimum absolute atomic E-state index is 0.0771. The number of methoxy groups -OCH3 is 1. The van der Waals surface area contributed by atoms with E-state index < -0.39 is 0 Å². The van der Waals surface area contributed by atoms with Gasteiger partial charge in [-0.25, -0.2) is 4.98 Å². The number of amides is 1. The smallest absolute Gasteiger partial charge is 0.296 e. The Hall–Kier alpha value is -2.82. The highest BCUT2D eigenvalue weighted by atomic mass is 35.5. The van der Waals surface area contributed by atoms with E-state index in [1.165, 1.54) is 30.8 Å². The molecule has 0 bridgehead atoms. The second-order valence-electron chi connectivity index (χ2n) is 8.22. The summed E-state index contributed by atoms with van der Waals surface area (Å²) in [5.41, 5.74) is 2.46. The van der Waals surface area contributed by atoms with Gasteiger partial charge in [0.05, 0.1) is 25.5 Å². The normalized spacial score (nSPS) is 21.6. The number of pyridine rings is 2. The molecule has 9 nitrogen and oxygen atoms in total. The predicted molar refractivity (Wildman–Crippen MR) is 123 cm³/mol. The third kappa shape index (κ3) is 4.25. The van der Waals surface area contributed by atoms with Gasteiger partial charge in [0, 0.05) is 35.0 Å². The Labute approximate surface area is 199 Å². The summed E-state index contributed by atoms with van der Waals surface area (Å²) in [6.07, 6.45) is 6.20. The Balaban J connectivity index is 1.36. The van der Waals surface area contributed by atoms with Gasteiger partial charge in [0.25, 0.3) is 11.1 Å². The van der Waals surface area contributed by atoms with Crippen LogP contribution in [0.15, 0.2) is 24.5 Å². The minimum atomic E-state index is -0.375. The molecule has 2 fully saturated rings. The van der Waals surface area contributed by atoms with Crippen molar-refractivity contribution >= 4 is 34.0 Å². The fourth-order valence-electron chi connectivity index (χ4n) is 4.28.